The van der Waals surface area contributed by atoms with Gasteiger partial charge in [0.05, 0.1) is 17.7 Å². The lowest BCUT2D eigenvalue weighted by Crippen LogP contribution is -2.36. The van der Waals surface area contributed by atoms with Crippen molar-refractivity contribution in [3.8, 4) is 0 Å². The second-order valence-corrected chi connectivity index (χ2v) is 11.6. The van der Waals surface area contributed by atoms with E-state index in [2.05, 4.69) is 17.0 Å². The molecule has 2 aromatic carbocycles. The first kappa shape index (κ1) is 33.2. The zero-order valence-electron chi connectivity index (χ0n) is 24.3. The first-order chi connectivity index (χ1) is 19.0. The van der Waals surface area contributed by atoms with Crippen LogP contribution >= 0.6 is 0 Å². The predicted molar refractivity (Wildman–Crippen MR) is 165 cm³/mol. The largest absolute Gasteiger partial charge is 0.392 e. The van der Waals surface area contributed by atoms with Crippen LogP contribution in [0.15, 0.2) is 36.4 Å². The number of rotatable bonds is 22. The second kappa shape index (κ2) is 20.0. The third-order valence-electron chi connectivity index (χ3n) is 7.57. The van der Waals surface area contributed by atoms with E-state index in [0.29, 0.717) is 17.8 Å². The van der Waals surface area contributed by atoms with Crippen LogP contribution in [0.5, 0.6) is 0 Å². The Bertz CT molecular complexity index is 982. The van der Waals surface area contributed by atoms with E-state index in [1.54, 1.807) is 13.0 Å². The highest BCUT2D eigenvalue weighted by Gasteiger charge is 2.30. The second-order valence-electron chi connectivity index (χ2n) is 10.9. The molecule has 0 radical (unpaired) electrons. The van der Waals surface area contributed by atoms with Crippen LogP contribution < -0.4 is 10.0 Å². The maximum absolute atomic E-state index is 13.2. The maximum Gasteiger partial charge on any atom is 0.259 e. The Morgan fingerprint density at radius 2 is 1.31 bits per heavy atom. The van der Waals surface area contributed by atoms with Gasteiger partial charge in [0.25, 0.3) is 11.3 Å². The molecule has 2 aromatic rings. The fourth-order valence-corrected chi connectivity index (χ4v) is 5.77. The smallest absolute Gasteiger partial charge is 0.259 e. The van der Waals surface area contributed by atoms with Crippen LogP contribution in [0.3, 0.4) is 0 Å². The molecule has 0 spiro atoms. The van der Waals surface area contributed by atoms with E-state index in [1.807, 2.05) is 30.3 Å². The number of aliphatic hydroxyl groups excluding tert-OH is 1. The number of aliphatic hydroxyl groups is 1. The topological polar surface area (TPSA) is 98.7 Å². The third-order valence-corrected chi connectivity index (χ3v) is 7.97. The summed E-state index contributed by atoms with van der Waals surface area (Å²) in [5.74, 6) is -1.13. The van der Waals surface area contributed by atoms with Gasteiger partial charge in [-0.3, -0.25) is 14.1 Å². The van der Waals surface area contributed by atoms with Gasteiger partial charge in [-0.2, -0.15) is 0 Å². The van der Waals surface area contributed by atoms with E-state index in [1.165, 1.54) is 89.9 Å². The molecule has 2 rings (SSSR count). The summed E-state index contributed by atoms with van der Waals surface area (Å²) in [5, 5.41) is 15.2. The van der Waals surface area contributed by atoms with Crippen LogP contribution in [0.1, 0.15) is 128 Å². The standard InChI is InChI=1S/C32H52N2O4S/c1-3-4-5-6-7-8-9-10-11-12-13-14-15-16-17-20-25-33-32(36)30(26(2)35)31-28-22-19-18-21-27(28)23-24-29(31)34-39(37)38/h18-19,21-24,26,30,34-35H,3-17,20,25H2,1-2H3,(H,33,36)(H,37,38)/t26-,30-/m1/s1. The highest BCUT2D eigenvalue weighted by atomic mass is 32.2. The first-order valence-electron chi connectivity index (χ1n) is 15.3. The number of carbonyl (C=O) groups excluding carboxylic acids is 1. The quantitative estimate of drug-likeness (QED) is 0.0861. The Labute approximate surface area is 239 Å². The molecule has 0 aliphatic heterocycles. The lowest BCUT2D eigenvalue weighted by Gasteiger charge is -2.24. The van der Waals surface area contributed by atoms with Crippen molar-refractivity contribution in [2.75, 3.05) is 11.3 Å². The summed E-state index contributed by atoms with van der Waals surface area (Å²) in [7, 11) is 0. The SMILES string of the molecule is CCCCCCCCCCCCCCCCCCNC(=O)[C@@H](c1c(NS(=O)O)ccc2ccccc12)[C@@H](C)O. The molecule has 3 atom stereocenters. The Kier molecular flexibility index (Phi) is 17.0. The fraction of sp³-hybridized carbons (Fsp3) is 0.656. The fourth-order valence-electron chi connectivity index (χ4n) is 5.40. The number of hydrogen-bond donors (Lipinski definition) is 4. The minimum Gasteiger partial charge on any atom is -0.392 e. The number of hydrogen-bond acceptors (Lipinski definition) is 3. The van der Waals surface area contributed by atoms with Crippen molar-refractivity contribution >= 4 is 33.6 Å². The van der Waals surface area contributed by atoms with Gasteiger partial charge >= 0.3 is 0 Å². The monoisotopic (exact) mass is 560 g/mol. The molecule has 0 aliphatic carbocycles. The number of benzene rings is 2. The molecule has 0 fully saturated rings. The van der Waals surface area contributed by atoms with E-state index in [0.717, 1.165) is 23.6 Å². The van der Waals surface area contributed by atoms with Crippen molar-refractivity contribution < 1.29 is 18.7 Å². The molecule has 4 N–H and O–H groups in total. The average molecular weight is 561 g/mol. The molecule has 0 saturated heterocycles. The van der Waals surface area contributed by atoms with Crippen LogP contribution in [0.4, 0.5) is 5.69 Å². The number of fused-ring (bicyclic) bond motifs is 1. The molecular formula is C32H52N2O4S. The summed E-state index contributed by atoms with van der Waals surface area (Å²) in [6, 6.07) is 11.1. The molecule has 0 heterocycles. The molecular weight excluding hydrogens is 508 g/mol. The number of anilines is 1. The number of amides is 1. The normalized spacial score (nSPS) is 13.7. The summed E-state index contributed by atoms with van der Waals surface area (Å²) in [4.78, 5) is 13.2. The number of nitrogens with one attached hydrogen (secondary N) is 2. The minimum absolute atomic E-state index is 0.269. The Balaban J connectivity index is 1.67. The van der Waals surface area contributed by atoms with Gasteiger partial charge < -0.3 is 10.4 Å². The van der Waals surface area contributed by atoms with E-state index in [4.69, 9.17) is 0 Å². The summed E-state index contributed by atoms with van der Waals surface area (Å²) < 4.78 is 23.4. The predicted octanol–water partition coefficient (Wildman–Crippen LogP) is 8.23. The molecule has 7 heteroatoms. The summed E-state index contributed by atoms with van der Waals surface area (Å²) in [5.41, 5.74) is 0.910. The zero-order valence-corrected chi connectivity index (χ0v) is 25.1. The van der Waals surface area contributed by atoms with Crippen LogP contribution in [0.25, 0.3) is 10.8 Å². The number of unbranched alkanes of at least 4 members (excludes halogenated alkanes) is 15. The van der Waals surface area contributed by atoms with E-state index >= 15 is 0 Å². The van der Waals surface area contributed by atoms with E-state index < -0.39 is 23.3 Å². The lowest BCUT2D eigenvalue weighted by molar-refractivity contribution is -0.124. The summed E-state index contributed by atoms with van der Waals surface area (Å²) >= 11 is -2.29. The van der Waals surface area contributed by atoms with Gasteiger partial charge in [-0.15, -0.1) is 0 Å². The average Bonchev–Trinajstić information content (AvgIpc) is 2.91. The Hall–Kier alpha value is -1.96. The van der Waals surface area contributed by atoms with Gasteiger partial charge in [-0.1, -0.05) is 134 Å². The van der Waals surface area contributed by atoms with Crippen LogP contribution in [-0.2, 0) is 16.1 Å². The molecule has 0 saturated carbocycles. The molecule has 39 heavy (non-hydrogen) atoms. The first-order valence-corrected chi connectivity index (χ1v) is 16.4. The van der Waals surface area contributed by atoms with Gasteiger partial charge in [0.1, 0.15) is 0 Å². The summed E-state index contributed by atoms with van der Waals surface area (Å²) in [6.45, 7) is 4.41. The molecule has 220 valence electrons. The van der Waals surface area contributed by atoms with Crippen LogP contribution in [-0.4, -0.2) is 32.4 Å². The van der Waals surface area contributed by atoms with Crippen molar-refractivity contribution in [3.05, 3.63) is 42.0 Å². The summed E-state index contributed by atoms with van der Waals surface area (Å²) in [6.07, 6.45) is 19.9. The van der Waals surface area contributed by atoms with Crippen molar-refractivity contribution in [1.82, 2.24) is 5.32 Å². The maximum atomic E-state index is 13.2. The van der Waals surface area contributed by atoms with Crippen LogP contribution in [0, 0.1) is 0 Å². The van der Waals surface area contributed by atoms with Gasteiger partial charge in [-0.05, 0) is 35.7 Å². The molecule has 6 nitrogen and oxygen atoms in total. The van der Waals surface area contributed by atoms with Gasteiger partial charge in [0.15, 0.2) is 0 Å². The third kappa shape index (κ3) is 12.8. The molecule has 1 unspecified atom stereocenters. The Morgan fingerprint density at radius 3 is 1.82 bits per heavy atom. The number of carbonyl (C=O) groups is 1. The van der Waals surface area contributed by atoms with Crippen molar-refractivity contribution in [2.24, 2.45) is 0 Å². The van der Waals surface area contributed by atoms with Gasteiger partial charge in [0, 0.05) is 6.54 Å². The highest BCUT2D eigenvalue weighted by Crippen LogP contribution is 2.35. The molecule has 0 aliphatic rings. The van der Waals surface area contributed by atoms with Gasteiger partial charge in [0.2, 0.25) is 5.91 Å². The zero-order chi connectivity index (χ0) is 28.3. The molecule has 0 bridgehead atoms. The Morgan fingerprint density at radius 1 is 0.795 bits per heavy atom. The van der Waals surface area contributed by atoms with E-state index in [9.17, 15) is 18.7 Å². The highest BCUT2D eigenvalue weighted by molar-refractivity contribution is 7.80. The minimum atomic E-state index is -2.29. The van der Waals surface area contributed by atoms with E-state index in [-0.39, 0.29) is 5.91 Å². The molecule has 1 amide bonds. The molecule has 0 aromatic heterocycles. The van der Waals surface area contributed by atoms with Crippen molar-refractivity contribution in [1.29, 1.82) is 0 Å². The van der Waals surface area contributed by atoms with Crippen molar-refractivity contribution in [2.45, 2.75) is 129 Å². The van der Waals surface area contributed by atoms with Gasteiger partial charge in [-0.25, -0.2) is 4.21 Å². The lowest BCUT2D eigenvalue weighted by atomic mass is 9.87. The van der Waals surface area contributed by atoms with Crippen LogP contribution in [0.2, 0.25) is 0 Å². The van der Waals surface area contributed by atoms with Crippen molar-refractivity contribution in [3.63, 3.8) is 0 Å².